The van der Waals surface area contributed by atoms with Crippen molar-refractivity contribution in [3.63, 3.8) is 0 Å². The Bertz CT molecular complexity index is 855. The van der Waals surface area contributed by atoms with Gasteiger partial charge in [-0.15, -0.1) is 0 Å². The van der Waals surface area contributed by atoms with Crippen LogP contribution in [0.1, 0.15) is 0 Å². The number of benzene rings is 2. The summed E-state index contributed by atoms with van der Waals surface area (Å²) in [6.07, 6.45) is 0.994. The number of anilines is 2. The molecule has 5 nitrogen and oxygen atoms in total. The summed E-state index contributed by atoms with van der Waals surface area (Å²) in [7, 11) is -3.72. The van der Waals surface area contributed by atoms with Gasteiger partial charge in [0.05, 0.1) is 17.0 Å². The van der Waals surface area contributed by atoms with Crippen LogP contribution in [0.4, 0.5) is 11.4 Å². The van der Waals surface area contributed by atoms with E-state index < -0.39 is 22.5 Å². The molecule has 0 spiro atoms. The standard InChI is InChI=1S/C15H13Cl3N2O3S/c1-24(22,23)20(14-7-4-11(17)8-13(14)18)9-15(21)19-12-5-2-10(16)3-6-12/h2-8H,9H2,1H3,(H,19,21). The Morgan fingerprint density at radius 3 is 2.17 bits per heavy atom. The Morgan fingerprint density at radius 2 is 1.62 bits per heavy atom. The summed E-state index contributed by atoms with van der Waals surface area (Å²) < 4.78 is 25.0. The first-order valence-corrected chi connectivity index (χ1v) is 9.63. The van der Waals surface area contributed by atoms with Crippen molar-refractivity contribution in [3.05, 3.63) is 57.5 Å². The molecule has 1 N–H and O–H groups in total. The van der Waals surface area contributed by atoms with Crippen molar-refractivity contribution in [2.75, 3.05) is 22.4 Å². The zero-order chi connectivity index (χ0) is 17.9. The molecule has 0 bridgehead atoms. The lowest BCUT2D eigenvalue weighted by atomic mass is 10.3. The third kappa shape index (κ3) is 5.01. The Morgan fingerprint density at radius 1 is 1.04 bits per heavy atom. The summed E-state index contributed by atoms with van der Waals surface area (Å²) in [5, 5.41) is 3.62. The topological polar surface area (TPSA) is 66.5 Å². The molecule has 2 aromatic carbocycles. The molecule has 24 heavy (non-hydrogen) atoms. The molecule has 0 fully saturated rings. The normalized spacial score (nSPS) is 11.2. The van der Waals surface area contributed by atoms with E-state index in [0.29, 0.717) is 15.7 Å². The number of halogens is 3. The van der Waals surface area contributed by atoms with Gasteiger partial charge in [0.25, 0.3) is 0 Å². The lowest BCUT2D eigenvalue weighted by Crippen LogP contribution is -2.37. The van der Waals surface area contributed by atoms with Crippen LogP contribution in [-0.2, 0) is 14.8 Å². The van der Waals surface area contributed by atoms with Gasteiger partial charge in [0.2, 0.25) is 15.9 Å². The summed E-state index contributed by atoms with van der Waals surface area (Å²) >= 11 is 17.7. The maximum Gasteiger partial charge on any atom is 0.245 e. The highest BCUT2D eigenvalue weighted by atomic mass is 35.5. The van der Waals surface area contributed by atoms with E-state index in [1.165, 1.54) is 18.2 Å². The Kier molecular flexibility index (Phi) is 5.98. The van der Waals surface area contributed by atoms with Crippen LogP contribution in [-0.4, -0.2) is 27.1 Å². The Labute approximate surface area is 155 Å². The van der Waals surface area contributed by atoms with Crippen molar-refractivity contribution in [3.8, 4) is 0 Å². The van der Waals surface area contributed by atoms with Crippen molar-refractivity contribution in [1.29, 1.82) is 0 Å². The predicted molar refractivity (Wildman–Crippen MR) is 98.7 cm³/mol. The zero-order valence-electron chi connectivity index (χ0n) is 12.5. The Balaban J connectivity index is 2.23. The van der Waals surface area contributed by atoms with Crippen LogP contribution in [0.3, 0.4) is 0 Å². The fraction of sp³-hybridized carbons (Fsp3) is 0.133. The number of rotatable bonds is 5. The minimum absolute atomic E-state index is 0.132. The molecule has 9 heteroatoms. The number of nitrogens with zero attached hydrogens (tertiary/aromatic N) is 1. The molecule has 0 aliphatic carbocycles. The first kappa shape index (κ1) is 18.9. The van der Waals surface area contributed by atoms with Gasteiger partial charge >= 0.3 is 0 Å². The van der Waals surface area contributed by atoms with Crippen molar-refractivity contribution in [2.45, 2.75) is 0 Å². The highest BCUT2D eigenvalue weighted by Crippen LogP contribution is 2.30. The highest BCUT2D eigenvalue weighted by Gasteiger charge is 2.23. The van der Waals surface area contributed by atoms with E-state index in [2.05, 4.69) is 5.32 Å². The molecule has 2 rings (SSSR count). The van der Waals surface area contributed by atoms with E-state index in [-0.39, 0.29) is 10.7 Å². The average Bonchev–Trinajstić information content (AvgIpc) is 2.47. The molecule has 2 aromatic rings. The largest absolute Gasteiger partial charge is 0.325 e. The molecule has 0 heterocycles. The summed E-state index contributed by atoms with van der Waals surface area (Å²) in [4.78, 5) is 12.2. The molecule has 0 unspecified atom stereocenters. The summed E-state index contributed by atoms with van der Waals surface area (Å²) in [5.74, 6) is -0.520. The first-order chi connectivity index (χ1) is 11.2. The molecule has 0 atom stereocenters. The smallest absolute Gasteiger partial charge is 0.245 e. The monoisotopic (exact) mass is 406 g/mol. The van der Waals surface area contributed by atoms with Crippen LogP contribution in [0, 0.1) is 0 Å². The van der Waals surface area contributed by atoms with Gasteiger partial charge in [-0.1, -0.05) is 34.8 Å². The quantitative estimate of drug-likeness (QED) is 0.813. The van der Waals surface area contributed by atoms with Crippen molar-refractivity contribution in [2.24, 2.45) is 0 Å². The molecule has 0 saturated heterocycles. The van der Waals surface area contributed by atoms with Crippen LogP contribution in [0.5, 0.6) is 0 Å². The summed E-state index contributed by atoms with van der Waals surface area (Å²) in [6.45, 7) is -0.428. The Hall–Kier alpha value is -1.47. The van der Waals surface area contributed by atoms with Gasteiger partial charge in [0, 0.05) is 15.7 Å². The van der Waals surface area contributed by atoms with Gasteiger partial charge < -0.3 is 5.32 Å². The van der Waals surface area contributed by atoms with Gasteiger partial charge in [0.15, 0.2) is 0 Å². The van der Waals surface area contributed by atoms with Crippen LogP contribution in [0.25, 0.3) is 0 Å². The van der Waals surface area contributed by atoms with E-state index in [1.807, 2.05) is 0 Å². The molecule has 0 saturated carbocycles. The predicted octanol–water partition coefficient (Wildman–Crippen LogP) is 4.05. The molecule has 0 aromatic heterocycles. The summed E-state index contributed by atoms with van der Waals surface area (Å²) in [6, 6.07) is 10.8. The highest BCUT2D eigenvalue weighted by molar-refractivity contribution is 7.92. The van der Waals surface area contributed by atoms with Gasteiger partial charge in [-0.2, -0.15) is 0 Å². The van der Waals surface area contributed by atoms with Crippen molar-refractivity contribution in [1.82, 2.24) is 0 Å². The average molecular weight is 408 g/mol. The third-order valence-electron chi connectivity index (χ3n) is 2.99. The minimum atomic E-state index is -3.72. The van der Waals surface area contributed by atoms with Gasteiger partial charge in [-0.3, -0.25) is 9.10 Å². The lowest BCUT2D eigenvalue weighted by molar-refractivity contribution is -0.114. The van der Waals surface area contributed by atoms with Crippen molar-refractivity contribution < 1.29 is 13.2 Å². The molecule has 0 aliphatic rings. The summed E-state index contributed by atoms with van der Waals surface area (Å²) in [5.41, 5.74) is 0.676. The minimum Gasteiger partial charge on any atom is -0.325 e. The fourth-order valence-corrected chi connectivity index (χ4v) is 3.48. The van der Waals surface area contributed by atoms with E-state index in [4.69, 9.17) is 34.8 Å². The number of hydrogen-bond donors (Lipinski definition) is 1. The molecular weight excluding hydrogens is 395 g/mol. The lowest BCUT2D eigenvalue weighted by Gasteiger charge is -2.23. The molecule has 0 radical (unpaired) electrons. The van der Waals surface area contributed by atoms with Crippen LogP contribution >= 0.6 is 34.8 Å². The fourth-order valence-electron chi connectivity index (χ4n) is 1.93. The van der Waals surface area contributed by atoms with Crippen LogP contribution < -0.4 is 9.62 Å². The maximum absolute atomic E-state index is 12.2. The zero-order valence-corrected chi connectivity index (χ0v) is 15.5. The molecular formula is C15H13Cl3N2O3S. The number of carbonyl (C=O) groups is 1. The molecule has 1 amide bonds. The maximum atomic E-state index is 12.2. The molecule has 128 valence electrons. The van der Waals surface area contributed by atoms with Gasteiger partial charge in [-0.25, -0.2) is 8.42 Å². The number of carbonyl (C=O) groups excluding carboxylic acids is 1. The molecule has 0 aliphatic heterocycles. The second kappa shape index (κ2) is 7.61. The second-order valence-electron chi connectivity index (χ2n) is 4.92. The number of amides is 1. The van der Waals surface area contributed by atoms with E-state index >= 15 is 0 Å². The van der Waals surface area contributed by atoms with Gasteiger partial charge in [0.1, 0.15) is 6.54 Å². The third-order valence-corrected chi connectivity index (χ3v) is 4.91. The second-order valence-corrected chi connectivity index (χ2v) is 8.11. The number of hydrogen-bond acceptors (Lipinski definition) is 3. The van der Waals surface area contributed by atoms with Gasteiger partial charge in [-0.05, 0) is 42.5 Å². The SMILES string of the molecule is CS(=O)(=O)N(CC(=O)Nc1ccc(Cl)cc1)c1ccc(Cl)cc1Cl. The van der Waals surface area contributed by atoms with Crippen LogP contribution in [0.2, 0.25) is 15.1 Å². The van der Waals surface area contributed by atoms with Crippen LogP contribution in [0.15, 0.2) is 42.5 Å². The first-order valence-electron chi connectivity index (χ1n) is 6.65. The van der Waals surface area contributed by atoms with E-state index in [0.717, 1.165) is 10.6 Å². The number of sulfonamides is 1. The number of nitrogens with one attached hydrogen (secondary N) is 1. The van der Waals surface area contributed by atoms with E-state index in [1.54, 1.807) is 24.3 Å². The van der Waals surface area contributed by atoms with E-state index in [9.17, 15) is 13.2 Å². The van der Waals surface area contributed by atoms with Crippen molar-refractivity contribution >= 4 is 62.1 Å².